The lowest BCUT2D eigenvalue weighted by molar-refractivity contribution is 0.0951. The second-order valence-electron chi connectivity index (χ2n) is 5.51. The quantitative estimate of drug-likeness (QED) is 0.544. The molecule has 4 N–H and O–H groups in total. The maximum atomic E-state index is 12.0. The molecule has 1 heterocycles. The van der Waals surface area contributed by atoms with E-state index in [-0.39, 0.29) is 23.2 Å². The van der Waals surface area contributed by atoms with E-state index >= 15 is 0 Å². The van der Waals surface area contributed by atoms with Crippen LogP contribution in [0.1, 0.15) is 45.3 Å². The molecule has 1 aromatic carbocycles. The summed E-state index contributed by atoms with van der Waals surface area (Å²) < 4.78 is 0. The van der Waals surface area contributed by atoms with Crippen LogP contribution in [0.4, 0.5) is 5.95 Å². The lowest BCUT2D eigenvalue weighted by Crippen LogP contribution is -2.26. The van der Waals surface area contributed by atoms with Crippen LogP contribution >= 0.6 is 0 Å². The maximum absolute atomic E-state index is 12.0. The number of amides is 1. The van der Waals surface area contributed by atoms with E-state index in [4.69, 9.17) is 5.73 Å². The van der Waals surface area contributed by atoms with Crippen molar-refractivity contribution in [3.63, 3.8) is 0 Å². The Bertz CT molecular complexity index is 810. The zero-order valence-electron chi connectivity index (χ0n) is 13.7. The highest BCUT2D eigenvalue weighted by Crippen LogP contribution is 2.06. The van der Waals surface area contributed by atoms with Crippen LogP contribution in [0.25, 0.3) is 0 Å². The van der Waals surface area contributed by atoms with Crippen molar-refractivity contribution in [3.05, 3.63) is 57.0 Å². The van der Waals surface area contributed by atoms with Crippen LogP contribution in [0.3, 0.4) is 0 Å². The second-order valence-corrected chi connectivity index (χ2v) is 5.51. The van der Waals surface area contributed by atoms with Gasteiger partial charge in [-0.2, -0.15) is 0 Å². The Balaban J connectivity index is 1.87. The minimum absolute atomic E-state index is 0.0420. The van der Waals surface area contributed by atoms with Crippen LogP contribution in [0.2, 0.25) is 0 Å². The number of anilines is 1. The molecule has 0 spiro atoms. The minimum Gasteiger partial charge on any atom is -0.369 e. The number of hydrogen-bond donors (Lipinski definition) is 3. The van der Waals surface area contributed by atoms with Gasteiger partial charge in [-0.1, -0.05) is 12.1 Å². The molecule has 0 aliphatic rings. The van der Waals surface area contributed by atoms with Crippen molar-refractivity contribution in [2.45, 2.75) is 26.7 Å². The van der Waals surface area contributed by atoms with Gasteiger partial charge >= 0.3 is 0 Å². The Morgan fingerprint density at radius 1 is 1.21 bits per heavy atom. The molecule has 7 heteroatoms. The van der Waals surface area contributed by atoms with E-state index in [0.717, 1.165) is 0 Å². The first-order chi connectivity index (χ1) is 11.4. The Labute approximate surface area is 139 Å². The summed E-state index contributed by atoms with van der Waals surface area (Å²) in [6.07, 6.45) is 1.10. The molecule has 0 fully saturated rings. The predicted molar refractivity (Wildman–Crippen MR) is 91.1 cm³/mol. The SMILES string of the molecule is CC(=O)c1ccc(C(=O)NCCCc2c(C)nc(N)[nH]c2=O)cc1. The van der Waals surface area contributed by atoms with Crippen molar-refractivity contribution < 1.29 is 9.59 Å². The molecule has 2 aromatic rings. The highest BCUT2D eigenvalue weighted by molar-refractivity contribution is 5.97. The monoisotopic (exact) mass is 328 g/mol. The molecule has 0 unspecified atom stereocenters. The van der Waals surface area contributed by atoms with Gasteiger partial charge in [0.05, 0.1) is 0 Å². The predicted octanol–water partition coefficient (Wildman–Crippen LogP) is 1.23. The molecule has 1 aromatic heterocycles. The van der Waals surface area contributed by atoms with Crippen molar-refractivity contribution in [2.75, 3.05) is 12.3 Å². The summed E-state index contributed by atoms with van der Waals surface area (Å²) in [6, 6.07) is 6.48. The Kier molecular flexibility index (Phi) is 5.47. The van der Waals surface area contributed by atoms with E-state index in [0.29, 0.717) is 41.8 Å². The standard InChI is InChI=1S/C17H20N4O3/c1-10-14(16(24)21-17(18)20-10)4-3-9-19-15(23)13-7-5-12(6-8-13)11(2)22/h5-8H,3-4,9H2,1-2H3,(H,19,23)(H3,18,20,21,24). The number of carbonyl (C=O) groups excluding carboxylic acids is 2. The van der Waals surface area contributed by atoms with Crippen molar-refractivity contribution in [1.82, 2.24) is 15.3 Å². The molecule has 0 saturated heterocycles. The number of H-pyrrole nitrogens is 1. The van der Waals surface area contributed by atoms with E-state index in [1.165, 1.54) is 6.92 Å². The molecule has 0 bridgehead atoms. The van der Waals surface area contributed by atoms with E-state index in [2.05, 4.69) is 15.3 Å². The van der Waals surface area contributed by atoms with Crippen molar-refractivity contribution in [2.24, 2.45) is 0 Å². The van der Waals surface area contributed by atoms with Gasteiger partial charge in [0.1, 0.15) is 0 Å². The van der Waals surface area contributed by atoms with Gasteiger partial charge in [0.15, 0.2) is 5.78 Å². The average Bonchev–Trinajstić information content (AvgIpc) is 2.53. The number of aryl methyl sites for hydroxylation is 1. The summed E-state index contributed by atoms with van der Waals surface area (Å²) in [5, 5.41) is 2.79. The molecule has 126 valence electrons. The number of hydrogen-bond acceptors (Lipinski definition) is 5. The molecule has 0 radical (unpaired) electrons. The highest BCUT2D eigenvalue weighted by Gasteiger charge is 2.09. The Morgan fingerprint density at radius 2 is 1.83 bits per heavy atom. The van der Waals surface area contributed by atoms with E-state index in [1.807, 2.05) is 0 Å². The lowest BCUT2D eigenvalue weighted by atomic mass is 10.1. The Morgan fingerprint density at radius 3 is 2.42 bits per heavy atom. The topological polar surface area (TPSA) is 118 Å². The van der Waals surface area contributed by atoms with Gasteiger partial charge in [-0.15, -0.1) is 0 Å². The number of Topliss-reactive ketones (excluding diaryl/α,β-unsaturated/α-hetero) is 1. The second kappa shape index (κ2) is 7.54. The maximum Gasteiger partial charge on any atom is 0.255 e. The molecule has 0 aliphatic heterocycles. The average molecular weight is 328 g/mol. The van der Waals surface area contributed by atoms with Gasteiger partial charge < -0.3 is 11.1 Å². The van der Waals surface area contributed by atoms with Gasteiger partial charge in [-0.25, -0.2) is 4.98 Å². The van der Waals surface area contributed by atoms with E-state index in [9.17, 15) is 14.4 Å². The van der Waals surface area contributed by atoms with Crippen LogP contribution in [-0.2, 0) is 6.42 Å². The number of ketones is 1. The molecule has 7 nitrogen and oxygen atoms in total. The van der Waals surface area contributed by atoms with Gasteiger partial charge in [-0.05, 0) is 38.8 Å². The third-order valence-electron chi connectivity index (χ3n) is 3.68. The van der Waals surface area contributed by atoms with Crippen molar-refractivity contribution in [3.8, 4) is 0 Å². The van der Waals surface area contributed by atoms with Crippen LogP contribution < -0.4 is 16.6 Å². The van der Waals surface area contributed by atoms with Gasteiger partial charge in [-0.3, -0.25) is 19.4 Å². The van der Waals surface area contributed by atoms with E-state index in [1.54, 1.807) is 31.2 Å². The first-order valence-corrected chi connectivity index (χ1v) is 7.63. The Hall–Kier alpha value is -2.96. The zero-order valence-corrected chi connectivity index (χ0v) is 13.7. The normalized spacial score (nSPS) is 10.4. The van der Waals surface area contributed by atoms with Crippen LogP contribution in [0.5, 0.6) is 0 Å². The summed E-state index contributed by atoms with van der Waals surface area (Å²) >= 11 is 0. The van der Waals surface area contributed by atoms with Crippen LogP contribution in [0.15, 0.2) is 29.1 Å². The number of aromatic nitrogens is 2. The summed E-state index contributed by atoms with van der Waals surface area (Å²) in [5.74, 6) is -0.158. The molecule has 0 saturated carbocycles. The fourth-order valence-electron chi connectivity index (χ4n) is 2.35. The number of nitrogen functional groups attached to an aromatic ring is 1. The van der Waals surface area contributed by atoms with Crippen molar-refractivity contribution >= 4 is 17.6 Å². The number of aromatic amines is 1. The number of nitrogens with zero attached hydrogens (tertiary/aromatic N) is 1. The van der Waals surface area contributed by atoms with E-state index < -0.39 is 0 Å². The molecular weight excluding hydrogens is 308 g/mol. The minimum atomic E-state index is -0.244. The zero-order chi connectivity index (χ0) is 17.7. The largest absolute Gasteiger partial charge is 0.369 e. The molecule has 24 heavy (non-hydrogen) atoms. The number of rotatable bonds is 6. The van der Waals surface area contributed by atoms with Gasteiger partial charge in [0.25, 0.3) is 11.5 Å². The highest BCUT2D eigenvalue weighted by atomic mass is 16.1. The van der Waals surface area contributed by atoms with Crippen molar-refractivity contribution in [1.29, 1.82) is 0 Å². The summed E-state index contributed by atoms with van der Waals surface area (Å²) in [4.78, 5) is 41.5. The number of benzene rings is 1. The lowest BCUT2D eigenvalue weighted by Gasteiger charge is -2.07. The number of carbonyl (C=O) groups is 2. The summed E-state index contributed by atoms with van der Waals surface area (Å²) in [5.41, 5.74) is 7.46. The van der Waals surface area contributed by atoms with Crippen LogP contribution in [0, 0.1) is 6.92 Å². The number of nitrogens with one attached hydrogen (secondary N) is 2. The third-order valence-corrected chi connectivity index (χ3v) is 3.68. The smallest absolute Gasteiger partial charge is 0.255 e. The first kappa shape index (κ1) is 17.4. The third kappa shape index (κ3) is 4.28. The molecular formula is C17H20N4O3. The van der Waals surface area contributed by atoms with Gasteiger partial charge in [0, 0.05) is 28.9 Å². The molecule has 1 amide bonds. The molecule has 0 aliphatic carbocycles. The fraction of sp³-hybridized carbons (Fsp3) is 0.294. The summed E-state index contributed by atoms with van der Waals surface area (Å²) in [7, 11) is 0. The summed E-state index contributed by atoms with van der Waals surface area (Å²) in [6.45, 7) is 3.64. The first-order valence-electron chi connectivity index (χ1n) is 7.63. The number of nitrogens with two attached hydrogens (primary N) is 1. The van der Waals surface area contributed by atoms with Gasteiger partial charge in [0.2, 0.25) is 5.95 Å². The molecule has 2 rings (SSSR count). The van der Waals surface area contributed by atoms with Crippen LogP contribution in [-0.4, -0.2) is 28.2 Å². The fourth-order valence-corrected chi connectivity index (χ4v) is 2.35. The molecule has 0 atom stereocenters.